The minimum Gasteiger partial charge on any atom is -0.493 e. The minimum atomic E-state index is -5.05. The quantitative estimate of drug-likeness (QED) is 0.00931. The number of hydrogen-bond donors (Lipinski definition) is 7. The van der Waals surface area contributed by atoms with Crippen LogP contribution in [0.25, 0.3) is 21.5 Å². The summed E-state index contributed by atoms with van der Waals surface area (Å²) in [5, 5.41) is 3.28. The number of likely N-dealkylation sites (N-methyl/N-ethyl adjacent to an activating group) is 1. The van der Waals surface area contributed by atoms with Gasteiger partial charge in [-0.15, -0.1) is 0 Å². The molecule has 1 unspecified atom stereocenters. The molecule has 24 nitrogen and oxygen atoms in total. The molecule has 0 saturated heterocycles. The zero-order valence-electron chi connectivity index (χ0n) is 50.6. The molecular formula is C64H63N3O21PS4+. The number of nitrogens with one attached hydrogen (secondary N) is 1. The van der Waals surface area contributed by atoms with Gasteiger partial charge in [-0.25, -0.2) is 9.36 Å². The Balaban J connectivity index is 0.881. The van der Waals surface area contributed by atoms with Crippen LogP contribution in [0.2, 0.25) is 0 Å². The third kappa shape index (κ3) is 12.0. The van der Waals surface area contributed by atoms with Crippen LogP contribution in [0.4, 0.5) is 11.4 Å². The fourth-order valence-electron chi connectivity index (χ4n) is 13.3. The standard InChI is InChI=1S/C64H62N3O21PS4/c1-7-66-49-34-53(92(79,80)81)43-32-38(90(73,74)75)23-25-40(43)58(49)62(3,4)55(66)19-11-9-12-20-56-63(5,6)59-41-26-24-39(91(76,77)78)33-44(41)54(93(82,83)84)35-50(59)67(56)30-16-10-13-21-57(68)65-36-45-51(85-8-2)29-28-48-60(45)86-52-31-37(88-89(70,71)72)22-27-47(52)64(48)46-18-15-14-17-42(46)61(69)87-64/h9,11-12,14-15,17-20,22-29,31-35H,7-8,10,13,16,21,30,36H2,1-6H3,(H6-,65,68,70,71,72,73,74,75,76,77,78,79,80,81,82,83,84)/p+1. The van der Waals surface area contributed by atoms with E-state index in [1.165, 1.54) is 42.5 Å². The minimum absolute atomic E-state index is 0.0252. The van der Waals surface area contributed by atoms with Gasteiger partial charge in [0.2, 0.25) is 11.6 Å². The first-order valence-corrected chi connectivity index (χ1v) is 36.4. The van der Waals surface area contributed by atoms with E-state index in [4.69, 9.17) is 18.7 Å². The molecule has 7 aromatic rings. The molecule has 1 atom stereocenters. The van der Waals surface area contributed by atoms with Gasteiger partial charge in [0.1, 0.15) is 39.3 Å². The van der Waals surface area contributed by atoms with Crippen molar-refractivity contribution in [3.05, 3.63) is 178 Å². The van der Waals surface area contributed by atoms with Crippen LogP contribution >= 0.6 is 7.82 Å². The number of phosphoric ester groups is 1. The van der Waals surface area contributed by atoms with Gasteiger partial charge in [-0.3, -0.25) is 32.8 Å². The molecule has 11 rings (SSSR count). The predicted molar refractivity (Wildman–Crippen MR) is 341 cm³/mol. The Kier molecular flexibility index (Phi) is 16.9. The molecule has 0 bridgehead atoms. The van der Waals surface area contributed by atoms with Crippen LogP contribution in [0.15, 0.2) is 159 Å². The highest BCUT2D eigenvalue weighted by atomic mass is 32.2. The lowest BCUT2D eigenvalue weighted by atomic mass is 9.77. The van der Waals surface area contributed by atoms with E-state index in [0.717, 1.165) is 24.3 Å². The number of hydrogen-bond acceptors (Lipinski definition) is 16. The molecular weight excluding hydrogens is 1310 g/mol. The van der Waals surface area contributed by atoms with Gasteiger partial charge in [0, 0.05) is 87.4 Å². The average molecular weight is 1370 g/mol. The van der Waals surface area contributed by atoms with E-state index in [1.54, 1.807) is 61.5 Å². The van der Waals surface area contributed by atoms with Crippen molar-refractivity contribution in [2.75, 3.05) is 24.6 Å². The summed E-state index contributed by atoms with van der Waals surface area (Å²) in [6, 6.07) is 23.8. The fourth-order valence-corrected chi connectivity index (χ4v) is 16.2. The second-order valence-corrected chi connectivity index (χ2v) is 30.4. The summed E-state index contributed by atoms with van der Waals surface area (Å²) >= 11 is 0. The lowest BCUT2D eigenvalue weighted by Gasteiger charge is -2.37. The molecule has 0 fully saturated rings. The number of anilines is 1. The molecule has 488 valence electrons. The lowest BCUT2D eigenvalue weighted by Crippen LogP contribution is -2.34. The molecule has 4 aliphatic heterocycles. The molecule has 93 heavy (non-hydrogen) atoms. The third-order valence-corrected chi connectivity index (χ3v) is 21.1. The maximum atomic E-state index is 13.9. The molecule has 4 aliphatic rings. The van der Waals surface area contributed by atoms with E-state index in [9.17, 15) is 75.8 Å². The zero-order valence-corrected chi connectivity index (χ0v) is 54.8. The third-order valence-electron chi connectivity index (χ3n) is 17.2. The number of fused-ring (bicyclic) bond motifs is 12. The van der Waals surface area contributed by atoms with E-state index in [0.29, 0.717) is 93.1 Å². The summed E-state index contributed by atoms with van der Waals surface area (Å²) in [7, 11) is -24.6. The highest BCUT2D eigenvalue weighted by Crippen LogP contribution is 2.59. The molecule has 1 spiro atoms. The van der Waals surface area contributed by atoms with E-state index in [2.05, 4.69) is 5.32 Å². The van der Waals surface area contributed by atoms with Crippen LogP contribution in [0.1, 0.15) is 111 Å². The van der Waals surface area contributed by atoms with Gasteiger partial charge in [-0.05, 0) is 124 Å². The fraction of sp³-hybridized carbons (Fsp3) is 0.266. The summed E-state index contributed by atoms with van der Waals surface area (Å²) in [5.41, 5.74) is 1.76. The normalized spacial score (nSPS) is 17.9. The van der Waals surface area contributed by atoms with Crippen molar-refractivity contribution in [3.8, 4) is 23.0 Å². The molecule has 29 heteroatoms. The Morgan fingerprint density at radius 1 is 0.688 bits per heavy atom. The number of ether oxygens (including phenoxy) is 3. The van der Waals surface area contributed by atoms with Crippen molar-refractivity contribution in [1.29, 1.82) is 0 Å². The van der Waals surface area contributed by atoms with Crippen molar-refractivity contribution in [3.63, 3.8) is 0 Å². The number of nitrogens with zero attached hydrogens (tertiary/aromatic N) is 2. The zero-order chi connectivity index (χ0) is 67.3. The highest BCUT2D eigenvalue weighted by molar-refractivity contribution is 7.87. The first-order valence-electron chi connectivity index (χ1n) is 29.1. The van der Waals surface area contributed by atoms with Gasteiger partial charge >= 0.3 is 13.8 Å². The van der Waals surface area contributed by atoms with E-state index >= 15 is 0 Å². The number of esters is 1. The van der Waals surface area contributed by atoms with Gasteiger partial charge < -0.3 is 29.0 Å². The van der Waals surface area contributed by atoms with Crippen molar-refractivity contribution in [1.82, 2.24) is 5.32 Å². The Morgan fingerprint density at radius 3 is 1.95 bits per heavy atom. The van der Waals surface area contributed by atoms with Crippen LogP contribution in [-0.2, 0) is 77.5 Å². The van der Waals surface area contributed by atoms with Crippen molar-refractivity contribution < 1.29 is 99.1 Å². The molecule has 0 radical (unpaired) electrons. The number of benzene rings is 7. The summed E-state index contributed by atoms with van der Waals surface area (Å²) in [6.45, 7) is 11.8. The largest absolute Gasteiger partial charge is 0.524 e. The van der Waals surface area contributed by atoms with E-state index in [-0.39, 0.29) is 71.0 Å². The van der Waals surface area contributed by atoms with Gasteiger partial charge in [0.15, 0.2) is 11.3 Å². The Labute approximate surface area is 535 Å². The molecule has 4 heterocycles. The summed E-state index contributed by atoms with van der Waals surface area (Å²) < 4.78 is 180. The summed E-state index contributed by atoms with van der Waals surface area (Å²) in [5.74, 6) is -0.715. The number of carbonyl (C=O) groups is 2. The summed E-state index contributed by atoms with van der Waals surface area (Å²) in [4.78, 5) is 46.3. The van der Waals surface area contributed by atoms with Gasteiger partial charge in [-0.1, -0.05) is 62.4 Å². The highest BCUT2D eigenvalue weighted by Gasteiger charge is 2.55. The van der Waals surface area contributed by atoms with Gasteiger partial charge in [0.05, 0.1) is 39.5 Å². The number of unbranched alkanes of at least 4 members (excludes halogenated alkanes) is 2. The smallest absolute Gasteiger partial charge is 0.493 e. The summed E-state index contributed by atoms with van der Waals surface area (Å²) in [6.07, 6.45) is 10.1. The van der Waals surface area contributed by atoms with E-state index < -0.39 is 90.3 Å². The van der Waals surface area contributed by atoms with Crippen molar-refractivity contribution in [2.45, 2.75) is 110 Å². The Hall–Kier alpha value is -8.12. The molecule has 0 aromatic heterocycles. The van der Waals surface area contributed by atoms with Gasteiger partial charge in [-0.2, -0.15) is 38.2 Å². The van der Waals surface area contributed by atoms with Gasteiger partial charge in [0.25, 0.3) is 40.5 Å². The molecule has 1 amide bonds. The first-order chi connectivity index (χ1) is 43.5. The maximum absolute atomic E-state index is 13.9. The number of amides is 1. The number of allylic oxidation sites excluding steroid dienone is 6. The Morgan fingerprint density at radius 2 is 1.32 bits per heavy atom. The lowest BCUT2D eigenvalue weighted by molar-refractivity contribution is -0.438. The van der Waals surface area contributed by atoms with Crippen molar-refractivity contribution >= 4 is 98.8 Å². The average Bonchev–Trinajstić information content (AvgIpc) is 1.63. The number of phosphoric acid groups is 1. The number of rotatable bonds is 20. The molecule has 7 aromatic carbocycles. The topological polar surface area (TPSA) is 364 Å². The molecule has 7 N–H and O–H groups in total. The molecule has 0 saturated carbocycles. The molecule has 0 aliphatic carbocycles. The first kappa shape index (κ1) is 66.3. The number of carbonyl (C=O) groups excluding carboxylic acids is 2. The second kappa shape index (κ2) is 23.7. The van der Waals surface area contributed by atoms with Crippen LogP contribution in [-0.4, -0.2) is 104 Å². The maximum Gasteiger partial charge on any atom is 0.524 e. The van der Waals surface area contributed by atoms with E-state index in [1.807, 2.05) is 56.2 Å². The second-order valence-electron chi connectivity index (χ2n) is 23.6. The van der Waals surface area contributed by atoms with Crippen LogP contribution in [0, 0.1) is 0 Å². The van der Waals surface area contributed by atoms with Crippen LogP contribution < -0.4 is 24.2 Å². The monoisotopic (exact) mass is 1370 g/mol. The van der Waals surface area contributed by atoms with Crippen LogP contribution in [0.3, 0.4) is 0 Å². The Bertz CT molecular complexity index is 5050. The predicted octanol–water partition coefficient (Wildman–Crippen LogP) is 10.5. The van der Waals surface area contributed by atoms with Crippen LogP contribution in [0.5, 0.6) is 23.0 Å². The van der Waals surface area contributed by atoms with Crippen molar-refractivity contribution in [2.24, 2.45) is 0 Å². The SMILES string of the molecule is CCOc1ccc2c(c1CNC(=O)CCCCC[N+]1=C(/C=C/C=C/C=C3/N(CC)c4cc(S(=O)(=O)O)c5cc(S(=O)(=O)O)ccc5c4C3(C)C)C(C)(C)c3c1cc(S(=O)(=O)O)c1cc(S(=O)(=O)O)ccc31)Oc1cc(OP(=O)(O)O)ccc1C21OC(=O)c2ccccc21.